The fourth-order valence-electron chi connectivity index (χ4n) is 1.82. The third kappa shape index (κ3) is 3.65. The molecular formula is C15H19NOS. The molecule has 1 N–H and O–H groups in total. The van der Waals surface area contributed by atoms with Crippen LogP contribution in [0.15, 0.2) is 47.1 Å². The smallest absolute Gasteiger partial charge is 0.113 e. The van der Waals surface area contributed by atoms with Gasteiger partial charge in [-0.3, -0.25) is 0 Å². The molecule has 18 heavy (non-hydrogen) atoms. The van der Waals surface area contributed by atoms with Crippen molar-refractivity contribution in [2.45, 2.75) is 18.7 Å². The average molecular weight is 261 g/mol. The molecule has 3 heteroatoms. The van der Waals surface area contributed by atoms with E-state index in [2.05, 4.69) is 36.5 Å². The number of hydrogen-bond donors (Lipinski definition) is 1. The van der Waals surface area contributed by atoms with E-state index in [1.165, 1.54) is 11.1 Å². The van der Waals surface area contributed by atoms with Gasteiger partial charge in [0, 0.05) is 11.8 Å². The molecule has 1 atom stereocenters. The highest BCUT2D eigenvalue weighted by Crippen LogP contribution is 2.21. The molecule has 1 unspecified atom stereocenters. The Balaban J connectivity index is 1.87. The van der Waals surface area contributed by atoms with Crippen molar-refractivity contribution < 1.29 is 4.42 Å². The van der Waals surface area contributed by atoms with Crippen LogP contribution in [0.3, 0.4) is 0 Å². The summed E-state index contributed by atoms with van der Waals surface area (Å²) in [6.45, 7) is 2.11. The number of thioether (sulfide) groups is 1. The number of furan rings is 1. The molecule has 0 fully saturated rings. The largest absolute Gasteiger partial charge is 0.468 e. The molecule has 0 saturated heterocycles. The van der Waals surface area contributed by atoms with Gasteiger partial charge in [-0.05, 0) is 31.7 Å². The highest BCUT2D eigenvalue weighted by atomic mass is 32.2. The summed E-state index contributed by atoms with van der Waals surface area (Å²) in [4.78, 5) is 0. The van der Waals surface area contributed by atoms with Crippen molar-refractivity contribution in [3.63, 3.8) is 0 Å². The van der Waals surface area contributed by atoms with Crippen LogP contribution in [0.25, 0.3) is 0 Å². The first-order valence-corrected chi connectivity index (χ1v) is 7.29. The van der Waals surface area contributed by atoms with Crippen molar-refractivity contribution in [3.8, 4) is 0 Å². The molecule has 0 aliphatic rings. The minimum atomic E-state index is 0.394. The lowest BCUT2D eigenvalue weighted by Crippen LogP contribution is -2.18. The second-order valence-electron chi connectivity index (χ2n) is 4.35. The molecule has 0 aliphatic heterocycles. The van der Waals surface area contributed by atoms with Crippen LogP contribution in [-0.2, 0) is 5.75 Å². The highest BCUT2D eigenvalue weighted by Gasteiger charge is 2.09. The van der Waals surface area contributed by atoms with Gasteiger partial charge in [0.2, 0.25) is 0 Å². The first-order chi connectivity index (χ1) is 8.79. The molecule has 0 bridgehead atoms. The van der Waals surface area contributed by atoms with Crippen LogP contribution < -0.4 is 5.32 Å². The zero-order valence-corrected chi connectivity index (χ0v) is 11.7. The van der Waals surface area contributed by atoms with Crippen molar-refractivity contribution in [1.82, 2.24) is 5.32 Å². The lowest BCUT2D eigenvalue weighted by molar-refractivity contribution is 0.530. The molecule has 1 aromatic heterocycles. The van der Waals surface area contributed by atoms with Crippen LogP contribution in [0.2, 0.25) is 0 Å². The van der Waals surface area contributed by atoms with Crippen molar-refractivity contribution in [2.24, 2.45) is 0 Å². The molecule has 1 aromatic carbocycles. The summed E-state index contributed by atoms with van der Waals surface area (Å²) in [6.07, 6.45) is 1.73. The third-order valence-electron chi connectivity index (χ3n) is 2.94. The maximum atomic E-state index is 5.33. The highest BCUT2D eigenvalue weighted by molar-refractivity contribution is 7.98. The number of nitrogens with one attached hydrogen (secondary N) is 1. The Bertz CT molecular complexity index is 450. The van der Waals surface area contributed by atoms with Crippen molar-refractivity contribution in [1.29, 1.82) is 0 Å². The maximum Gasteiger partial charge on any atom is 0.113 e. The van der Waals surface area contributed by atoms with E-state index in [4.69, 9.17) is 4.42 Å². The molecular weight excluding hydrogens is 242 g/mol. The summed E-state index contributed by atoms with van der Waals surface area (Å²) in [5.41, 5.74) is 2.65. The number of rotatable bonds is 6. The second-order valence-corrected chi connectivity index (χ2v) is 5.38. The Morgan fingerprint density at radius 3 is 2.61 bits per heavy atom. The molecule has 0 spiro atoms. The summed E-state index contributed by atoms with van der Waals surface area (Å²) in [7, 11) is 2.01. The molecule has 0 radical (unpaired) electrons. The Kier molecular flexibility index (Phi) is 4.90. The van der Waals surface area contributed by atoms with Gasteiger partial charge in [-0.15, -0.1) is 0 Å². The molecule has 0 amide bonds. The van der Waals surface area contributed by atoms with E-state index in [9.17, 15) is 0 Å². The maximum absolute atomic E-state index is 5.33. The van der Waals surface area contributed by atoms with Gasteiger partial charge in [0.25, 0.3) is 0 Å². The van der Waals surface area contributed by atoms with Crippen LogP contribution in [0.4, 0.5) is 0 Å². The van der Waals surface area contributed by atoms with E-state index in [1.807, 2.05) is 30.9 Å². The van der Waals surface area contributed by atoms with Gasteiger partial charge in [0.05, 0.1) is 12.0 Å². The average Bonchev–Trinajstić information content (AvgIpc) is 2.89. The normalized spacial score (nSPS) is 12.6. The lowest BCUT2D eigenvalue weighted by atomic mass is 10.1. The van der Waals surface area contributed by atoms with Gasteiger partial charge in [-0.2, -0.15) is 11.8 Å². The van der Waals surface area contributed by atoms with Crippen LogP contribution >= 0.6 is 11.8 Å². The van der Waals surface area contributed by atoms with Gasteiger partial charge in [0.1, 0.15) is 5.76 Å². The summed E-state index contributed by atoms with van der Waals surface area (Å²) in [5, 5.41) is 3.37. The van der Waals surface area contributed by atoms with Gasteiger partial charge in [0.15, 0.2) is 0 Å². The fourth-order valence-corrected chi connectivity index (χ4v) is 2.90. The monoisotopic (exact) mass is 261 g/mol. The van der Waals surface area contributed by atoms with E-state index in [1.54, 1.807) is 6.26 Å². The van der Waals surface area contributed by atoms with Crippen LogP contribution in [0.5, 0.6) is 0 Å². The van der Waals surface area contributed by atoms with Crippen LogP contribution in [0.1, 0.15) is 22.9 Å². The summed E-state index contributed by atoms with van der Waals surface area (Å²) in [6, 6.07) is 13.1. The molecule has 2 rings (SSSR count). The lowest BCUT2D eigenvalue weighted by Gasteiger charge is -2.16. The van der Waals surface area contributed by atoms with Crippen molar-refractivity contribution >= 4 is 11.8 Å². The van der Waals surface area contributed by atoms with E-state index >= 15 is 0 Å². The first kappa shape index (κ1) is 13.2. The molecule has 0 aliphatic carbocycles. The topological polar surface area (TPSA) is 25.2 Å². The van der Waals surface area contributed by atoms with Crippen LogP contribution in [-0.4, -0.2) is 12.8 Å². The predicted molar refractivity (Wildman–Crippen MR) is 77.8 cm³/mol. The van der Waals surface area contributed by atoms with E-state index < -0.39 is 0 Å². The van der Waals surface area contributed by atoms with Crippen LogP contribution in [0, 0.1) is 6.92 Å². The quantitative estimate of drug-likeness (QED) is 0.856. The number of hydrogen-bond acceptors (Lipinski definition) is 3. The van der Waals surface area contributed by atoms with E-state index in [-0.39, 0.29) is 0 Å². The van der Waals surface area contributed by atoms with Crippen molar-refractivity contribution in [3.05, 3.63) is 59.5 Å². The zero-order valence-electron chi connectivity index (χ0n) is 10.8. The summed E-state index contributed by atoms with van der Waals surface area (Å²) in [5.74, 6) is 3.01. The van der Waals surface area contributed by atoms with Crippen molar-refractivity contribution in [2.75, 3.05) is 12.8 Å². The SMILES string of the molecule is CNC(CSCc1ccco1)c1ccc(C)cc1. The molecule has 2 nitrogen and oxygen atoms in total. The zero-order chi connectivity index (χ0) is 12.8. The van der Waals surface area contributed by atoms with Gasteiger partial charge in [-0.1, -0.05) is 29.8 Å². The number of aryl methyl sites for hydroxylation is 1. The fraction of sp³-hybridized carbons (Fsp3) is 0.333. The number of benzene rings is 1. The Morgan fingerprint density at radius 2 is 2.00 bits per heavy atom. The minimum Gasteiger partial charge on any atom is -0.468 e. The Labute approximate surface area is 113 Å². The summed E-state index contributed by atoms with van der Waals surface area (Å²) < 4.78 is 5.33. The summed E-state index contributed by atoms with van der Waals surface area (Å²) >= 11 is 1.89. The molecule has 96 valence electrons. The minimum absolute atomic E-state index is 0.394. The Hall–Kier alpha value is -1.19. The standard InChI is InChI=1S/C15H19NOS/c1-12-5-7-13(8-6-12)15(16-2)11-18-10-14-4-3-9-17-14/h3-9,15-16H,10-11H2,1-2H3. The van der Waals surface area contributed by atoms with E-state index in [0.717, 1.165) is 17.3 Å². The van der Waals surface area contributed by atoms with E-state index in [0.29, 0.717) is 6.04 Å². The second kappa shape index (κ2) is 6.66. The third-order valence-corrected chi connectivity index (χ3v) is 3.99. The Morgan fingerprint density at radius 1 is 1.22 bits per heavy atom. The predicted octanol–water partition coefficient (Wildman–Crippen LogP) is 3.78. The molecule has 2 aromatic rings. The van der Waals surface area contributed by atoms with Gasteiger partial charge in [-0.25, -0.2) is 0 Å². The van der Waals surface area contributed by atoms with Gasteiger partial charge >= 0.3 is 0 Å². The van der Waals surface area contributed by atoms with Gasteiger partial charge < -0.3 is 9.73 Å². The molecule has 1 heterocycles. The first-order valence-electron chi connectivity index (χ1n) is 6.13. The molecule has 0 saturated carbocycles.